The molecular formula is C20H18O2S. The fourth-order valence-electron chi connectivity index (χ4n) is 2.57. The maximum atomic E-state index is 12.3. The van der Waals surface area contributed by atoms with Crippen molar-refractivity contribution in [2.45, 2.75) is 13.3 Å². The first-order valence-electron chi connectivity index (χ1n) is 7.66. The van der Waals surface area contributed by atoms with Crippen molar-refractivity contribution in [1.82, 2.24) is 0 Å². The van der Waals surface area contributed by atoms with Crippen LogP contribution in [0.1, 0.15) is 28.4 Å². The molecule has 0 amide bonds. The van der Waals surface area contributed by atoms with Crippen LogP contribution in [-0.4, -0.2) is 12.6 Å². The van der Waals surface area contributed by atoms with Crippen molar-refractivity contribution >= 4 is 17.3 Å². The van der Waals surface area contributed by atoms with E-state index in [9.17, 15) is 4.79 Å². The summed E-state index contributed by atoms with van der Waals surface area (Å²) < 4.78 is 5.22. The van der Waals surface area contributed by atoms with Gasteiger partial charge in [0.15, 0.2) is 0 Å². The molecule has 0 spiro atoms. The summed E-state index contributed by atoms with van der Waals surface area (Å²) in [5.74, 6) is -0.239. The molecule has 0 saturated carbocycles. The van der Waals surface area contributed by atoms with Gasteiger partial charge in [0.1, 0.15) is 0 Å². The third kappa shape index (κ3) is 3.51. The van der Waals surface area contributed by atoms with E-state index in [1.165, 1.54) is 5.56 Å². The molecule has 116 valence electrons. The number of benzene rings is 2. The number of carbonyl (C=O) groups is 1. The van der Waals surface area contributed by atoms with Gasteiger partial charge in [-0.15, -0.1) is 11.3 Å². The molecule has 0 saturated heterocycles. The van der Waals surface area contributed by atoms with E-state index in [4.69, 9.17) is 4.74 Å². The number of carbonyl (C=O) groups excluding carboxylic acids is 1. The van der Waals surface area contributed by atoms with Crippen LogP contribution in [0.4, 0.5) is 0 Å². The standard InChI is InChI=1S/C20H18O2S/c1-2-22-20(21)18-14-23-19(16-11-7-4-8-12-16)17(18)13-15-9-5-3-6-10-15/h3-12,14H,2,13H2,1H3. The lowest BCUT2D eigenvalue weighted by molar-refractivity contribution is 0.0526. The van der Waals surface area contributed by atoms with Gasteiger partial charge in [-0.1, -0.05) is 60.7 Å². The summed E-state index contributed by atoms with van der Waals surface area (Å²) in [6.45, 7) is 2.22. The third-order valence-electron chi connectivity index (χ3n) is 3.65. The van der Waals surface area contributed by atoms with Crippen molar-refractivity contribution in [3.63, 3.8) is 0 Å². The Bertz CT molecular complexity index is 776. The molecule has 0 fully saturated rings. The summed E-state index contributed by atoms with van der Waals surface area (Å²) >= 11 is 1.60. The van der Waals surface area contributed by atoms with Gasteiger partial charge in [-0.2, -0.15) is 0 Å². The normalized spacial score (nSPS) is 10.5. The molecule has 0 aliphatic heterocycles. The van der Waals surface area contributed by atoms with Crippen LogP contribution in [0.25, 0.3) is 10.4 Å². The lowest BCUT2D eigenvalue weighted by Crippen LogP contribution is -2.07. The zero-order valence-electron chi connectivity index (χ0n) is 13.0. The third-order valence-corrected chi connectivity index (χ3v) is 4.72. The Morgan fingerprint density at radius 3 is 2.30 bits per heavy atom. The molecule has 2 aromatic carbocycles. The highest BCUT2D eigenvalue weighted by Crippen LogP contribution is 2.34. The molecule has 3 aromatic rings. The maximum Gasteiger partial charge on any atom is 0.339 e. The van der Waals surface area contributed by atoms with Crippen molar-refractivity contribution in [3.8, 4) is 10.4 Å². The molecule has 2 nitrogen and oxygen atoms in total. The summed E-state index contributed by atoms with van der Waals surface area (Å²) in [4.78, 5) is 13.4. The predicted molar refractivity (Wildman–Crippen MR) is 95.0 cm³/mol. The zero-order valence-corrected chi connectivity index (χ0v) is 13.8. The van der Waals surface area contributed by atoms with E-state index >= 15 is 0 Å². The van der Waals surface area contributed by atoms with Crippen molar-refractivity contribution in [1.29, 1.82) is 0 Å². The lowest BCUT2D eigenvalue weighted by Gasteiger charge is -2.08. The number of thiophene rings is 1. The topological polar surface area (TPSA) is 26.3 Å². The molecule has 1 heterocycles. The first-order valence-corrected chi connectivity index (χ1v) is 8.54. The quantitative estimate of drug-likeness (QED) is 0.605. The SMILES string of the molecule is CCOC(=O)c1csc(-c2ccccc2)c1Cc1ccccc1. The van der Waals surface area contributed by atoms with Crippen LogP contribution >= 0.6 is 11.3 Å². The summed E-state index contributed by atoms with van der Waals surface area (Å²) in [6, 6.07) is 20.4. The van der Waals surface area contributed by atoms with Crippen molar-refractivity contribution < 1.29 is 9.53 Å². The van der Waals surface area contributed by atoms with E-state index in [0.717, 1.165) is 22.4 Å². The average Bonchev–Trinajstić information content (AvgIpc) is 3.00. The number of rotatable bonds is 5. The van der Waals surface area contributed by atoms with Gasteiger partial charge in [0.05, 0.1) is 12.2 Å². The Kier molecular flexibility index (Phi) is 4.89. The Balaban J connectivity index is 2.05. The van der Waals surface area contributed by atoms with E-state index in [2.05, 4.69) is 24.3 Å². The van der Waals surface area contributed by atoms with Crippen molar-refractivity contribution in [3.05, 3.63) is 82.7 Å². The van der Waals surface area contributed by atoms with Gasteiger partial charge in [0.25, 0.3) is 0 Å². The largest absolute Gasteiger partial charge is 0.462 e. The number of hydrogen-bond acceptors (Lipinski definition) is 3. The van der Waals surface area contributed by atoms with Crippen molar-refractivity contribution in [2.75, 3.05) is 6.61 Å². The molecule has 0 atom stereocenters. The fourth-order valence-corrected chi connectivity index (χ4v) is 3.64. The lowest BCUT2D eigenvalue weighted by atomic mass is 9.99. The number of esters is 1. The molecule has 23 heavy (non-hydrogen) atoms. The smallest absolute Gasteiger partial charge is 0.339 e. The summed E-state index contributed by atoms with van der Waals surface area (Å²) in [6.07, 6.45) is 0.725. The Labute approximate surface area is 140 Å². The van der Waals surface area contributed by atoms with Gasteiger partial charge in [-0.05, 0) is 30.0 Å². The summed E-state index contributed by atoms with van der Waals surface area (Å²) in [5.41, 5.74) is 4.05. The number of ether oxygens (including phenoxy) is 1. The van der Waals surface area contributed by atoms with Crippen LogP contribution in [0.5, 0.6) is 0 Å². The Morgan fingerprint density at radius 1 is 1.00 bits per heavy atom. The van der Waals surface area contributed by atoms with Gasteiger partial charge in [-0.25, -0.2) is 4.79 Å². The molecule has 0 N–H and O–H groups in total. The molecule has 1 aromatic heterocycles. The predicted octanol–water partition coefficient (Wildman–Crippen LogP) is 5.18. The minimum Gasteiger partial charge on any atom is -0.462 e. The van der Waals surface area contributed by atoms with E-state index in [0.29, 0.717) is 12.2 Å². The van der Waals surface area contributed by atoms with Crippen LogP contribution in [-0.2, 0) is 11.2 Å². The van der Waals surface area contributed by atoms with Crippen molar-refractivity contribution in [2.24, 2.45) is 0 Å². The average molecular weight is 322 g/mol. The van der Waals surface area contributed by atoms with Crippen LogP contribution in [0.3, 0.4) is 0 Å². The fraction of sp³-hybridized carbons (Fsp3) is 0.150. The monoisotopic (exact) mass is 322 g/mol. The molecule has 0 bridgehead atoms. The Hall–Kier alpha value is -2.39. The first-order chi connectivity index (χ1) is 11.3. The van der Waals surface area contributed by atoms with Gasteiger partial charge in [0.2, 0.25) is 0 Å². The minimum atomic E-state index is -0.239. The van der Waals surface area contributed by atoms with Crippen LogP contribution in [0.15, 0.2) is 66.0 Å². The van der Waals surface area contributed by atoms with E-state index in [1.54, 1.807) is 11.3 Å². The molecule has 3 rings (SSSR count). The van der Waals surface area contributed by atoms with Gasteiger partial charge < -0.3 is 4.74 Å². The van der Waals surface area contributed by atoms with Crippen LogP contribution < -0.4 is 0 Å². The van der Waals surface area contributed by atoms with Gasteiger partial charge in [0, 0.05) is 10.3 Å². The van der Waals surface area contributed by atoms with Gasteiger partial charge in [-0.3, -0.25) is 0 Å². The highest BCUT2D eigenvalue weighted by Gasteiger charge is 2.19. The Morgan fingerprint density at radius 2 is 1.65 bits per heavy atom. The first kappa shape index (κ1) is 15.5. The summed E-state index contributed by atoms with van der Waals surface area (Å²) in [5, 5.41) is 1.92. The second kappa shape index (κ2) is 7.25. The molecule has 3 heteroatoms. The van der Waals surface area contributed by atoms with Gasteiger partial charge >= 0.3 is 5.97 Å². The maximum absolute atomic E-state index is 12.3. The van der Waals surface area contributed by atoms with E-state index in [-0.39, 0.29) is 5.97 Å². The van der Waals surface area contributed by atoms with Crippen LogP contribution in [0, 0.1) is 0 Å². The highest BCUT2D eigenvalue weighted by atomic mass is 32.1. The zero-order chi connectivity index (χ0) is 16.1. The second-order valence-electron chi connectivity index (χ2n) is 5.21. The summed E-state index contributed by atoms with van der Waals surface area (Å²) in [7, 11) is 0. The molecule has 0 aliphatic carbocycles. The number of hydrogen-bond donors (Lipinski definition) is 0. The van der Waals surface area contributed by atoms with E-state index < -0.39 is 0 Å². The van der Waals surface area contributed by atoms with E-state index in [1.807, 2.05) is 48.7 Å². The molecule has 0 unspecified atom stereocenters. The molecule has 0 radical (unpaired) electrons. The molecule has 0 aliphatic rings. The minimum absolute atomic E-state index is 0.239. The second-order valence-corrected chi connectivity index (χ2v) is 6.09. The van der Waals surface area contributed by atoms with Crippen LogP contribution in [0.2, 0.25) is 0 Å². The highest BCUT2D eigenvalue weighted by molar-refractivity contribution is 7.14. The molecular weight excluding hydrogens is 304 g/mol.